The van der Waals surface area contributed by atoms with Gasteiger partial charge in [-0.25, -0.2) is 18.7 Å². The van der Waals surface area contributed by atoms with Crippen LogP contribution in [0.2, 0.25) is 0 Å². The summed E-state index contributed by atoms with van der Waals surface area (Å²) >= 11 is 0. The van der Waals surface area contributed by atoms with Crippen LogP contribution in [0.15, 0.2) is 29.5 Å². The van der Waals surface area contributed by atoms with E-state index in [1.807, 2.05) is 0 Å². The molecule has 0 aliphatic heterocycles. The van der Waals surface area contributed by atoms with Crippen LogP contribution in [0, 0.1) is 11.6 Å². The van der Waals surface area contributed by atoms with Crippen molar-refractivity contribution in [3.63, 3.8) is 0 Å². The van der Waals surface area contributed by atoms with Gasteiger partial charge in [0.05, 0.1) is 16.5 Å². The van der Waals surface area contributed by atoms with E-state index in [0.717, 1.165) is 0 Å². The molecule has 0 spiro atoms. The van der Waals surface area contributed by atoms with E-state index in [0.29, 0.717) is 31.8 Å². The number of aromatic amines is 1. The highest BCUT2D eigenvalue weighted by atomic mass is 19.4. The van der Waals surface area contributed by atoms with Gasteiger partial charge in [0.1, 0.15) is 0 Å². The number of hydrogen-bond acceptors (Lipinski definition) is 4. The molecule has 0 saturated carbocycles. The van der Waals surface area contributed by atoms with Crippen molar-refractivity contribution in [3.8, 4) is 11.4 Å². The first-order valence-corrected chi connectivity index (χ1v) is 8.36. The Kier molecular flexibility index (Phi) is 5.41. The van der Waals surface area contributed by atoms with Crippen LogP contribution in [0.5, 0.6) is 0 Å². The van der Waals surface area contributed by atoms with Gasteiger partial charge in [0.15, 0.2) is 17.5 Å². The summed E-state index contributed by atoms with van der Waals surface area (Å²) in [5, 5.41) is -0.309. The molecule has 3 N–H and O–H groups in total. The summed E-state index contributed by atoms with van der Waals surface area (Å²) in [6.45, 7) is 0.369. The van der Waals surface area contributed by atoms with Crippen molar-refractivity contribution >= 4 is 10.8 Å². The number of unbranched alkanes of at least 4 members (excludes halogenated alkanes) is 1. The van der Waals surface area contributed by atoms with Crippen molar-refractivity contribution in [1.29, 1.82) is 0 Å². The molecule has 1 aromatic carbocycles. The van der Waals surface area contributed by atoms with Gasteiger partial charge >= 0.3 is 6.18 Å². The van der Waals surface area contributed by atoms with Gasteiger partial charge in [-0.2, -0.15) is 13.2 Å². The van der Waals surface area contributed by atoms with Gasteiger partial charge in [0.2, 0.25) is 0 Å². The summed E-state index contributed by atoms with van der Waals surface area (Å²) in [7, 11) is 0. The number of rotatable bonds is 5. The van der Waals surface area contributed by atoms with Crippen LogP contribution in [-0.4, -0.2) is 21.5 Å². The van der Waals surface area contributed by atoms with Gasteiger partial charge < -0.3 is 10.7 Å². The van der Waals surface area contributed by atoms with E-state index in [-0.39, 0.29) is 22.9 Å². The maximum absolute atomic E-state index is 14.8. The standard InChI is InChI=1S/C18H15F5N4O/c19-14-12(16-26-7-9(8-27-16)18(21,22)23)10(3-1-2-5-24)11-4-6-25-17(28)13(11)15(14)20/h4,6-8H,1-3,5,24H2,(H,25,28). The van der Waals surface area contributed by atoms with E-state index >= 15 is 0 Å². The predicted molar refractivity (Wildman–Crippen MR) is 92.5 cm³/mol. The minimum atomic E-state index is -4.66. The number of H-pyrrole nitrogens is 1. The zero-order chi connectivity index (χ0) is 20.5. The van der Waals surface area contributed by atoms with Gasteiger partial charge in [-0.1, -0.05) is 0 Å². The Hall–Kier alpha value is -2.88. The Labute approximate surface area is 155 Å². The van der Waals surface area contributed by atoms with Gasteiger partial charge in [-0.3, -0.25) is 4.79 Å². The zero-order valence-corrected chi connectivity index (χ0v) is 14.4. The molecule has 10 heteroatoms. The number of fused-ring (bicyclic) bond motifs is 1. The third kappa shape index (κ3) is 3.59. The number of nitrogens with one attached hydrogen (secondary N) is 1. The number of nitrogens with zero attached hydrogens (tertiary/aromatic N) is 2. The largest absolute Gasteiger partial charge is 0.419 e. The minimum Gasteiger partial charge on any atom is -0.330 e. The molecule has 0 saturated heterocycles. The van der Waals surface area contributed by atoms with E-state index in [4.69, 9.17) is 5.73 Å². The molecule has 148 valence electrons. The number of aryl methyl sites for hydroxylation is 1. The number of benzene rings is 1. The number of halogens is 5. The highest BCUT2D eigenvalue weighted by molar-refractivity contribution is 5.91. The first-order chi connectivity index (χ1) is 13.3. The molecule has 0 aliphatic rings. The van der Waals surface area contributed by atoms with Crippen LogP contribution in [-0.2, 0) is 12.6 Å². The van der Waals surface area contributed by atoms with Crippen LogP contribution in [0.3, 0.4) is 0 Å². The number of pyridine rings is 1. The number of aromatic nitrogens is 3. The molecule has 3 rings (SSSR count). The lowest BCUT2D eigenvalue weighted by Crippen LogP contribution is -2.13. The van der Waals surface area contributed by atoms with Crippen LogP contribution in [0.4, 0.5) is 22.0 Å². The van der Waals surface area contributed by atoms with E-state index in [2.05, 4.69) is 15.0 Å². The lowest BCUT2D eigenvalue weighted by Gasteiger charge is -2.15. The molecule has 3 aromatic rings. The molecule has 0 radical (unpaired) electrons. The maximum atomic E-state index is 14.8. The topological polar surface area (TPSA) is 84.7 Å². The highest BCUT2D eigenvalue weighted by Crippen LogP contribution is 2.35. The highest BCUT2D eigenvalue weighted by Gasteiger charge is 2.32. The van der Waals surface area contributed by atoms with Crippen LogP contribution >= 0.6 is 0 Å². The van der Waals surface area contributed by atoms with Crippen molar-refractivity contribution in [1.82, 2.24) is 15.0 Å². The monoisotopic (exact) mass is 398 g/mol. The quantitative estimate of drug-likeness (QED) is 0.508. The number of alkyl halides is 3. The molecule has 0 aliphatic carbocycles. The molecular formula is C18H15F5N4O. The average Bonchev–Trinajstić information content (AvgIpc) is 2.65. The van der Waals surface area contributed by atoms with E-state index in [9.17, 15) is 26.7 Å². The van der Waals surface area contributed by atoms with Gasteiger partial charge in [0, 0.05) is 18.6 Å². The molecule has 5 nitrogen and oxygen atoms in total. The first kappa shape index (κ1) is 19.9. The Bertz CT molecular complexity index is 1060. The lowest BCUT2D eigenvalue weighted by molar-refractivity contribution is -0.138. The van der Waals surface area contributed by atoms with Crippen molar-refractivity contribution in [3.05, 3.63) is 57.8 Å². The van der Waals surface area contributed by atoms with Crippen molar-refractivity contribution in [2.75, 3.05) is 6.54 Å². The Morgan fingerprint density at radius 2 is 1.75 bits per heavy atom. The zero-order valence-electron chi connectivity index (χ0n) is 14.4. The predicted octanol–water partition coefficient (Wildman–Crippen LogP) is 3.56. The summed E-state index contributed by atoms with van der Waals surface area (Å²) < 4.78 is 67.7. The van der Waals surface area contributed by atoms with Crippen LogP contribution in [0.25, 0.3) is 22.2 Å². The Morgan fingerprint density at radius 1 is 1.07 bits per heavy atom. The molecule has 2 aromatic heterocycles. The van der Waals surface area contributed by atoms with Crippen molar-refractivity contribution in [2.45, 2.75) is 25.4 Å². The first-order valence-electron chi connectivity index (χ1n) is 8.36. The Balaban J connectivity index is 2.27. The fraction of sp³-hybridized carbons (Fsp3) is 0.278. The SMILES string of the molecule is NCCCCc1c(-c2ncc(C(F)(F)F)cn2)c(F)c(F)c2c(=O)[nH]ccc12. The summed E-state index contributed by atoms with van der Waals surface area (Å²) in [6, 6.07) is 1.41. The fourth-order valence-corrected chi connectivity index (χ4v) is 2.98. The summed E-state index contributed by atoms with van der Waals surface area (Å²) in [5.41, 5.74) is 3.43. The maximum Gasteiger partial charge on any atom is 0.419 e. The number of hydrogen-bond donors (Lipinski definition) is 2. The third-order valence-electron chi connectivity index (χ3n) is 4.30. The molecule has 0 bridgehead atoms. The molecule has 28 heavy (non-hydrogen) atoms. The second-order valence-corrected chi connectivity index (χ2v) is 6.12. The second-order valence-electron chi connectivity index (χ2n) is 6.12. The molecule has 0 fully saturated rings. The Morgan fingerprint density at radius 3 is 2.36 bits per heavy atom. The second kappa shape index (κ2) is 7.63. The fourth-order valence-electron chi connectivity index (χ4n) is 2.98. The molecular weight excluding hydrogens is 383 g/mol. The average molecular weight is 398 g/mol. The van der Waals surface area contributed by atoms with Gasteiger partial charge in [0.25, 0.3) is 5.56 Å². The summed E-state index contributed by atoms with van der Waals surface area (Å²) in [6.07, 6.45) is -1.08. The van der Waals surface area contributed by atoms with E-state index < -0.39 is 40.1 Å². The molecule has 0 unspecified atom stereocenters. The molecule has 2 heterocycles. The van der Waals surface area contributed by atoms with Crippen molar-refractivity contribution < 1.29 is 22.0 Å². The summed E-state index contributed by atoms with van der Waals surface area (Å²) in [4.78, 5) is 21.5. The minimum absolute atomic E-state index is 0.151. The van der Waals surface area contributed by atoms with Gasteiger partial charge in [-0.05, 0) is 42.8 Å². The molecule has 0 atom stereocenters. The van der Waals surface area contributed by atoms with Crippen LogP contribution in [0.1, 0.15) is 24.0 Å². The normalized spacial score (nSPS) is 11.9. The third-order valence-corrected chi connectivity index (χ3v) is 4.30. The summed E-state index contributed by atoms with van der Waals surface area (Å²) in [5.74, 6) is -3.18. The van der Waals surface area contributed by atoms with Crippen molar-refractivity contribution in [2.24, 2.45) is 5.73 Å². The van der Waals surface area contributed by atoms with Crippen LogP contribution < -0.4 is 11.3 Å². The smallest absolute Gasteiger partial charge is 0.330 e. The lowest BCUT2D eigenvalue weighted by atomic mass is 9.94. The van der Waals surface area contributed by atoms with E-state index in [1.54, 1.807) is 0 Å². The van der Waals surface area contributed by atoms with E-state index in [1.165, 1.54) is 12.3 Å². The molecule has 0 amide bonds. The number of nitrogens with two attached hydrogens (primary N) is 1. The van der Waals surface area contributed by atoms with Gasteiger partial charge in [-0.15, -0.1) is 0 Å².